The zero-order chi connectivity index (χ0) is 15.2. The number of nitrogens with one attached hydrogen (secondary N) is 1. The number of anilines is 3. The Morgan fingerprint density at radius 1 is 1.24 bits per heavy atom. The van der Waals surface area contributed by atoms with Crippen LogP contribution in [0.5, 0.6) is 0 Å². The Morgan fingerprint density at radius 2 is 1.90 bits per heavy atom. The first kappa shape index (κ1) is 14.2. The molecule has 1 aromatic rings. The lowest BCUT2D eigenvalue weighted by molar-refractivity contribution is -0.115. The van der Waals surface area contributed by atoms with Gasteiger partial charge in [0.1, 0.15) is 0 Å². The molecule has 0 saturated carbocycles. The molecule has 0 spiro atoms. The minimum atomic E-state index is 0.0630. The number of hydrogen-bond acceptors (Lipinski definition) is 3. The van der Waals surface area contributed by atoms with Crippen molar-refractivity contribution in [3.05, 3.63) is 17.7 Å². The van der Waals surface area contributed by atoms with Gasteiger partial charge in [-0.1, -0.05) is 20.8 Å². The van der Waals surface area contributed by atoms with Crippen LogP contribution in [0.4, 0.5) is 17.1 Å². The quantitative estimate of drug-likeness (QED) is 0.781. The number of fused-ring (bicyclic) bond motifs is 1. The highest BCUT2D eigenvalue weighted by atomic mass is 16.1. The molecule has 1 aromatic carbocycles. The molecular weight excluding hydrogens is 262 g/mol. The molecule has 4 heteroatoms. The van der Waals surface area contributed by atoms with Gasteiger partial charge >= 0.3 is 0 Å². The first-order valence-electron chi connectivity index (χ1n) is 7.82. The van der Waals surface area contributed by atoms with Crippen LogP contribution in [-0.4, -0.2) is 19.0 Å². The van der Waals surface area contributed by atoms with Crippen molar-refractivity contribution in [3.8, 4) is 0 Å². The zero-order valence-electron chi connectivity index (χ0n) is 13.2. The number of rotatable bonds is 1. The highest BCUT2D eigenvalue weighted by Gasteiger charge is 2.30. The summed E-state index contributed by atoms with van der Waals surface area (Å²) in [5.74, 6) is 0.831. The van der Waals surface area contributed by atoms with E-state index in [1.807, 2.05) is 12.1 Å². The third-order valence-electron chi connectivity index (χ3n) is 4.94. The maximum atomic E-state index is 11.5. The van der Waals surface area contributed by atoms with Crippen LogP contribution in [-0.2, 0) is 11.2 Å². The van der Waals surface area contributed by atoms with Crippen molar-refractivity contribution >= 4 is 23.0 Å². The summed E-state index contributed by atoms with van der Waals surface area (Å²) in [7, 11) is 0. The van der Waals surface area contributed by atoms with E-state index in [4.69, 9.17) is 5.73 Å². The number of nitrogen functional groups attached to an aromatic ring is 1. The van der Waals surface area contributed by atoms with Gasteiger partial charge < -0.3 is 16.0 Å². The molecule has 3 rings (SSSR count). The lowest BCUT2D eigenvalue weighted by atomic mass is 9.75. The van der Waals surface area contributed by atoms with Crippen LogP contribution in [0.15, 0.2) is 12.1 Å². The van der Waals surface area contributed by atoms with E-state index in [1.165, 1.54) is 12.8 Å². The summed E-state index contributed by atoms with van der Waals surface area (Å²) in [5, 5.41) is 2.92. The summed E-state index contributed by atoms with van der Waals surface area (Å²) in [5.41, 5.74) is 10.4. The van der Waals surface area contributed by atoms with Crippen LogP contribution < -0.4 is 16.0 Å². The molecule has 21 heavy (non-hydrogen) atoms. The van der Waals surface area contributed by atoms with Gasteiger partial charge in [-0.25, -0.2) is 0 Å². The number of carbonyl (C=O) groups excluding carboxylic acids is 1. The van der Waals surface area contributed by atoms with E-state index < -0.39 is 0 Å². The molecule has 114 valence electrons. The molecule has 0 radical (unpaired) electrons. The van der Waals surface area contributed by atoms with Crippen LogP contribution in [0, 0.1) is 11.3 Å². The minimum Gasteiger partial charge on any atom is -0.397 e. The summed E-state index contributed by atoms with van der Waals surface area (Å²) in [6.07, 6.45) is 2.85. The molecule has 0 unspecified atom stereocenters. The average molecular weight is 287 g/mol. The minimum absolute atomic E-state index is 0.0630. The third kappa shape index (κ3) is 2.71. The van der Waals surface area contributed by atoms with Crippen LogP contribution in [0.25, 0.3) is 0 Å². The largest absolute Gasteiger partial charge is 0.397 e. The molecular formula is C17H25N3O. The van der Waals surface area contributed by atoms with Gasteiger partial charge in [0.05, 0.1) is 17.8 Å². The third-order valence-corrected chi connectivity index (χ3v) is 4.94. The molecule has 0 aromatic heterocycles. The van der Waals surface area contributed by atoms with Crippen LogP contribution in [0.1, 0.15) is 39.2 Å². The van der Waals surface area contributed by atoms with Crippen molar-refractivity contribution in [2.24, 2.45) is 11.3 Å². The fourth-order valence-electron chi connectivity index (χ4n) is 3.54. The standard InChI is InChI=1S/C17H25N3O/c1-17(2,3)12-4-6-20(7-5-12)15-10-14-11(8-13(15)18)9-16(21)19-14/h8,10,12H,4-7,9,18H2,1-3H3,(H,19,21). The van der Waals surface area contributed by atoms with Gasteiger partial charge in [-0.05, 0) is 41.9 Å². The van der Waals surface area contributed by atoms with E-state index in [0.29, 0.717) is 11.8 Å². The summed E-state index contributed by atoms with van der Waals surface area (Å²) in [6.45, 7) is 9.06. The van der Waals surface area contributed by atoms with Gasteiger partial charge in [0, 0.05) is 18.8 Å². The van der Waals surface area contributed by atoms with Crippen LogP contribution in [0.3, 0.4) is 0 Å². The number of nitrogens with zero attached hydrogens (tertiary/aromatic N) is 1. The lowest BCUT2D eigenvalue weighted by Gasteiger charge is -2.40. The van der Waals surface area contributed by atoms with E-state index in [1.54, 1.807) is 0 Å². The van der Waals surface area contributed by atoms with Crippen LogP contribution in [0.2, 0.25) is 0 Å². The van der Waals surface area contributed by atoms with Crippen molar-refractivity contribution in [2.45, 2.75) is 40.0 Å². The monoisotopic (exact) mass is 287 g/mol. The van der Waals surface area contributed by atoms with Crippen molar-refractivity contribution in [3.63, 3.8) is 0 Å². The number of hydrogen-bond donors (Lipinski definition) is 2. The topological polar surface area (TPSA) is 58.4 Å². The fourth-order valence-corrected chi connectivity index (χ4v) is 3.54. The number of benzene rings is 1. The Bertz CT molecular complexity index is 566. The van der Waals surface area contributed by atoms with Gasteiger partial charge in [-0.2, -0.15) is 0 Å². The Balaban J connectivity index is 1.77. The fraction of sp³-hybridized carbons (Fsp3) is 0.588. The van der Waals surface area contributed by atoms with Gasteiger partial charge in [-0.3, -0.25) is 4.79 Å². The summed E-state index contributed by atoms with van der Waals surface area (Å²) in [4.78, 5) is 13.9. The Labute approximate surface area is 126 Å². The Kier molecular flexibility index (Phi) is 3.34. The molecule has 1 fully saturated rings. The normalized spacial score (nSPS) is 19.6. The van der Waals surface area contributed by atoms with E-state index >= 15 is 0 Å². The van der Waals surface area contributed by atoms with E-state index in [9.17, 15) is 4.79 Å². The van der Waals surface area contributed by atoms with Gasteiger partial charge in [0.2, 0.25) is 5.91 Å². The molecule has 0 aliphatic carbocycles. The summed E-state index contributed by atoms with van der Waals surface area (Å²) < 4.78 is 0. The van der Waals surface area contributed by atoms with Crippen molar-refractivity contribution in [1.82, 2.24) is 0 Å². The predicted octanol–water partition coefficient (Wildman–Crippen LogP) is 3.03. The molecule has 0 bridgehead atoms. The molecule has 0 atom stereocenters. The summed E-state index contributed by atoms with van der Waals surface area (Å²) >= 11 is 0. The molecule has 2 aliphatic heterocycles. The maximum absolute atomic E-state index is 11.5. The number of piperidine rings is 1. The maximum Gasteiger partial charge on any atom is 0.228 e. The average Bonchev–Trinajstić information content (AvgIpc) is 2.76. The lowest BCUT2D eigenvalue weighted by Crippen LogP contribution is -2.38. The first-order valence-corrected chi connectivity index (χ1v) is 7.82. The van der Waals surface area contributed by atoms with Gasteiger partial charge in [0.15, 0.2) is 0 Å². The number of amides is 1. The molecule has 1 amide bonds. The second-order valence-electron chi connectivity index (χ2n) is 7.42. The molecule has 2 aliphatic rings. The SMILES string of the molecule is CC(C)(C)C1CCN(c2cc3c(cc2N)CC(=O)N3)CC1. The second kappa shape index (κ2) is 4.93. The van der Waals surface area contributed by atoms with Crippen molar-refractivity contribution in [2.75, 3.05) is 29.0 Å². The Hall–Kier alpha value is -1.71. The van der Waals surface area contributed by atoms with Gasteiger partial charge in [0.25, 0.3) is 0 Å². The predicted molar refractivity (Wildman–Crippen MR) is 87.6 cm³/mol. The highest BCUT2D eigenvalue weighted by molar-refractivity contribution is 6.00. The zero-order valence-corrected chi connectivity index (χ0v) is 13.2. The molecule has 3 N–H and O–H groups in total. The highest BCUT2D eigenvalue weighted by Crippen LogP contribution is 2.39. The first-order chi connectivity index (χ1) is 9.84. The number of carbonyl (C=O) groups is 1. The second-order valence-corrected chi connectivity index (χ2v) is 7.42. The van der Waals surface area contributed by atoms with Gasteiger partial charge in [-0.15, -0.1) is 0 Å². The Morgan fingerprint density at radius 3 is 2.52 bits per heavy atom. The van der Waals surface area contributed by atoms with E-state index in [0.717, 1.165) is 41.6 Å². The number of nitrogens with two attached hydrogens (primary N) is 1. The van der Waals surface area contributed by atoms with Crippen molar-refractivity contribution in [1.29, 1.82) is 0 Å². The van der Waals surface area contributed by atoms with Crippen molar-refractivity contribution < 1.29 is 4.79 Å². The molecule has 1 saturated heterocycles. The molecule has 4 nitrogen and oxygen atoms in total. The van der Waals surface area contributed by atoms with E-state index in [-0.39, 0.29) is 5.91 Å². The smallest absolute Gasteiger partial charge is 0.228 e. The van der Waals surface area contributed by atoms with E-state index in [2.05, 4.69) is 31.0 Å². The summed E-state index contributed by atoms with van der Waals surface area (Å²) in [6, 6.07) is 4.01. The van der Waals surface area contributed by atoms with Crippen LogP contribution >= 0.6 is 0 Å². The molecule has 2 heterocycles.